The first-order valence-electron chi connectivity index (χ1n) is 6.31. The molecule has 1 heterocycles. The van der Waals surface area contributed by atoms with Crippen LogP contribution in [0.3, 0.4) is 0 Å². The van der Waals surface area contributed by atoms with Crippen molar-refractivity contribution < 1.29 is 13.3 Å². The van der Waals surface area contributed by atoms with Crippen LogP contribution in [0.15, 0.2) is 23.5 Å². The van der Waals surface area contributed by atoms with Gasteiger partial charge in [-0.1, -0.05) is 23.2 Å². The smallest absolute Gasteiger partial charge is 0.149 e. The van der Waals surface area contributed by atoms with Crippen molar-refractivity contribution in [3.63, 3.8) is 0 Å². The van der Waals surface area contributed by atoms with Gasteiger partial charge in [0, 0.05) is 11.8 Å². The quantitative estimate of drug-likeness (QED) is 0.767. The second kappa shape index (κ2) is 6.89. The fourth-order valence-electron chi connectivity index (χ4n) is 1.80. The monoisotopic (exact) mass is 362 g/mol. The predicted molar refractivity (Wildman–Crippen MR) is 85.5 cm³/mol. The van der Waals surface area contributed by atoms with Gasteiger partial charge in [-0.25, -0.2) is 14.4 Å². The molecule has 0 aliphatic rings. The van der Waals surface area contributed by atoms with Gasteiger partial charge in [0.2, 0.25) is 0 Å². The van der Waals surface area contributed by atoms with E-state index in [4.69, 9.17) is 27.9 Å². The highest BCUT2D eigenvalue weighted by atomic mass is 35.5. The summed E-state index contributed by atoms with van der Waals surface area (Å²) in [6.45, 7) is 3.66. The van der Waals surface area contributed by atoms with E-state index in [2.05, 4.69) is 9.97 Å². The Morgan fingerprint density at radius 2 is 1.95 bits per heavy atom. The summed E-state index contributed by atoms with van der Waals surface area (Å²) in [7, 11) is -1.41. The highest BCUT2D eigenvalue weighted by molar-refractivity contribution is 7.84. The van der Waals surface area contributed by atoms with Crippen molar-refractivity contribution in [1.29, 1.82) is 0 Å². The second-order valence-electron chi connectivity index (χ2n) is 4.72. The molecule has 2 rings (SSSR count). The van der Waals surface area contributed by atoms with Crippen LogP contribution in [0.5, 0.6) is 5.75 Å². The first kappa shape index (κ1) is 17.1. The number of rotatable bonds is 4. The van der Waals surface area contributed by atoms with E-state index < -0.39 is 16.6 Å². The van der Waals surface area contributed by atoms with Crippen molar-refractivity contribution in [2.24, 2.45) is 0 Å². The zero-order valence-corrected chi connectivity index (χ0v) is 14.4. The molecule has 22 heavy (non-hydrogen) atoms. The maximum atomic E-state index is 14.2. The van der Waals surface area contributed by atoms with Crippen LogP contribution >= 0.6 is 23.2 Å². The molecule has 8 heteroatoms. The third kappa shape index (κ3) is 3.56. The average Bonchev–Trinajstić information content (AvgIpc) is 2.42. The summed E-state index contributed by atoms with van der Waals surface area (Å²) in [5, 5.41) is 0.340. The van der Waals surface area contributed by atoms with Crippen LogP contribution < -0.4 is 4.74 Å². The molecule has 1 atom stereocenters. The zero-order valence-electron chi connectivity index (χ0n) is 12.1. The minimum absolute atomic E-state index is 0.0417. The molecule has 0 aliphatic carbocycles. The molecule has 0 saturated heterocycles. The van der Waals surface area contributed by atoms with E-state index in [1.807, 2.05) is 13.8 Å². The molecule has 118 valence electrons. The van der Waals surface area contributed by atoms with E-state index in [9.17, 15) is 8.60 Å². The molecule has 0 radical (unpaired) electrons. The largest absolute Gasteiger partial charge is 0.489 e. The Hall–Kier alpha value is -1.24. The lowest BCUT2D eigenvalue weighted by Gasteiger charge is -2.14. The van der Waals surface area contributed by atoms with Crippen molar-refractivity contribution in [3.05, 3.63) is 34.3 Å². The summed E-state index contributed by atoms with van der Waals surface area (Å²) >= 11 is 12.1. The van der Waals surface area contributed by atoms with Crippen molar-refractivity contribution in [2.45, 2.75) is 25.0 Å². The number of hydrogen-bond donors (Lipinski definition) is 0. The molecule has 4 nitrogen and oxygen atoms in total. The minimum atomic E-state index is -1.41. The van der Waals surface area contributed by atoms with E-state index in [-0.39, 0.29) is 32.4 Å². The van der Waals surface area contributed by atoms with E-state index in [1.54, 1.807) is 0 Å². The third-order valence-corrected chi connectivity index (χ3v) is 4.29. The van der Waals surface area contributed by atoms with E-state index in [0.717, 1.165) is 6.07 Å². The van der Waals surface area contributed by atoms with Gasteiger partial charge < -0.3 is 4.74 Å². The summed E-state index contributed by atoms with van der Waals surface area (Å²) < 4.78 is 31.4. The molecule has 0 bridgehead atoms. The van der Waals surface area contributed by atoms with Gasteiger partial charge >= 0.3 is 0 Å². The van der Waals surface area contributed by atoms with Crippen LogP contribution in [0.2, 0.25) is 10.0 Å². The number of benzene rings is 1. The molecule has 1 aromatic carbocycles. The van der Waals surface area contributed by atoms with Gasteiger partial charge in [0.1, 0.15) is 27.9 Å². The van der Waals surface area contributed by atoms with Crippen molar-refractivity contribution in [2.75, 3.05) is 6.26 Å². The molecule has 0 fully saturated rings. The third-order valence-electron chi connectivity index (χ3n) is 2.67. The molecular weight excluding hydrogens is 350 g/mol. The predicted octanol–water partition coefficient (Wildman–Crippen LogP) is 4.11. The first-order valence-corrected chi connectivity index (χ1v) is 8.62. The van der Waals surface area contributed by atoms with Gasteiger partial charge in [0.25, 0.3) is 0 Å². The SMILES string of the molecule is CC(C)Oc1cc(-c2ncnc(S(C)=O)c2Cl)c(F)cc1Cl. The van der Waals surface area contributed by atoms with Gasteiger partial charge in [-0.2, -0.15) is 0 Å². The summed E-state index contributed by atoms with van der Waals surface area (Å²) in [6, 6.07) is 2.56. The zero-order chi connectivity index (χ0) is 16.4. The maximum absolute atomic E-state index is 14.2. The molecule has 0 aliphatic heterocycles. The van der Waals surface area contributed by atoms with Crippen molar-refractivity contribution >= 4 is 34.0 Å². The van der Waals surface area contributed by atoms with Crippen LogP contribution in [0.4, 0.5) is 4.39 Å². The van der Waals surface area contributed by atoms with Gasteiger partial charge in [-0.15, -0.1) is 0 Å². The Bertz CT molecular complexity index is 741. The van der Waals surface area contributed by atoms with Crippen LogP contribution in [0, 0.1) is 5.82 Å². The van der Waals surface area contributed by atoms with Crippen LogP contribution in [0.25, 0.3) is 11.3 Å². The van der Waals surface area contributed by atoms with E-state index in [0.29, 0.717) is 5.75 Å². The standard InChI is InChI=1S/C14H13Cl2FN2O2S/c1-7(2)21-11-4-8(10(17)5-9(11)15)13-12(16)14(22(3)20)19-6-18-13/h4-7H,1-3H3. The summed E-state index contributed by atoms with van der Waals surface area (Å²) in [5.41, 5.74) is 0.254. The molecule has 0 saturated carbocycles. The van der Waals surface area contributed by atoms with Crippen molar-refractivity contribution in [1.82, 2.24) is 9.97 Å². The van der Waals surface area contributed by atoms with Crippen LogP contribution in [-0.2, 0) is 10.8 Å². The first-order chi connectivity index (χ1) is 10.3. The summed E-state index contributed by atoms with van der Waals surface area (Å²) in [4.78, 5) is 7.85. The van der Waals surface area contributed by atoms with Gasteiger partial charge in [-0.3, -0.25) is 4.21 Å². The number of ether oxygens (including phenoxy) is 1. The summed E-state index contributed by atoms with van der Waals surface area (Å²) in [5.74, 6) is -0.281. The van der Waals surface area contributed by atoms with Crippen molar-refractivity contribution in [3.8, 4) is 17.0 Å². The summed E-state index contributed by atoms with van der Waals surface area (Å²) in [6.07, 6.45) is 2.49. The number of hydrogen-bond acceptors (Lipinski definition) is 4. The Morgan fingerprint density at radius 1 is 1.27 bits per heavy atom. The minimum Gasteiger partial charge on any atom is -0.489 e. The number of halogens is 3. The lowest BCUT2D eigenvalue weighted by molar-refractivity contribution is 0.242. The molecule has 1 unspecified atom stereocenters. The van der Waals surface area contributed by atoms with Crippen LogP contribution in [-0.4, -0.2) is 26.5 Å². The molecular formula is C14H13Cl2FN2O2S. The fraction of sp³-hybridized carbons (Fsp3) is 0.286. The topological polar surface area (TPSA) is 52.1 Å². The Labute approximate surface area is 140 Å². The number of aromatic nitrogens is 2. The Morgan fingerprint density at radius 3 is 2.55 bits per heavy atom. The molecule has 1 aromatic heterocycles. The Kier molecular flexibility index (Phi) is 5.36. The second-order valence-corrected chi connectivity index (χ2v) is 6.80. The molecule has 2 aromatic rings. The molecule has 0 spiro atoms. The highest BCUT2D eigenvalue weighted by Gasteiger charge is 2.19. The average molecular weight is 363 g/mol. The molecule has 0 amide bonds. The molecule has 0 N–H and O–H groups in total. The lowest BCUT2D eigenvalue weighted by atomic mass is 10.1. The van der Waals surface area contributed by atoms with E-state index >= 15 is 0 Å². The Balaban J connectivity index is 2.62. The van der Waals surface area contributed by atoms with Crippen LogP contribution in [0.1, 0.15) is 13.8 Å². The highest BCUT2D eigenvalue weighted by Crippen LogP contribution is 2.36. The number of nitrogens with zero attached hydrogens (tertiary/aromatic N) is 2. The fourth-order valence-corrected chi connectivity index (χ4v) is 3.06. The van der Waals surface area contributed by atoms with Gasteiger partial charge in [0.15, 0.2) is 0 Å². The lowest BCUT2D eigenvalue weighted by Crippen LogP contribution is -2.06. The van der Waals surface area contributed by atoms with Gasteiger partial charge in [0.05, 0.1) is 27.6 Å². The van der Waals surface area contributed by atoms with Gasteiger partial charge in [-0.05, 0) is 26.0 Å². The normalized spacial score (nSPS) is 12.5. The maximum Gasteiger partial charge on any atom is 0.149 e. The van der Waals surface area contributed by atoms with E-state index in [1.165, 1.54) is 18.6 Å².